The molecule has 2 N–H and O–H groups in total. The molecular formula is C14H11ClN2O4. The lowest BCUT2D eigenvalue weighted by Crippen LogP contribution is -2.04. The van der Waals surface area contributed by atoms with E-state index >= 15 is 0 Å². The predicted octanol–water partition coefficient (Wildman–Crippen LogP) is 3.56. The summed E-state index contributed by atoms with van der Waals surface area (Å²) in [7, 11) is 0. The molecule has 0 unspecified atom stereocenters. The van der Waals surface area contributed by atoms with Gasteiger partial charge in [-0.3, -0.25) is 10.1 Å². The molecule has 0 heterocycles. The van der Waals surface area contributed by atoms with Crippen molar-refractivity contribution in [2.45, 2.75) is 6.54 Å². The molecule has 0 bridgehead atoms. The van der Waals surface area contributed by atoms with E-state index in [0.29, 0.717) is 11.3 Å². The zero-order chi connectivity index (χ0) is 15.4. The molecule has 2 aromatic carbocycles. The second-order valence-corrected chi connectivity index (χ2v) is 4.65. The van der Waals surface area contributed by atoms with Crippen molar-refractivity contribution < 1.29 is 14.8 Å². The Morgan fingerprint density at radius 3 is 2.62 bits per heavy atom. The SMILES string of the molecule is O=C(O)c1ccc(NCc2ccccc2[N+](=O)[O-])cc1Cl. The molecular weight excluding hydrogens is 296 g/mol. The Hall–Kier alpha value is -2.60. The Kier molecular flexibility index (Phi) is 4.39. The number of carboxylic acids is 1. The van der Waals surface area contributed by atoms with E-state index in [9.17, 15) is 14.9 Å². The van der Waals surface area contributed by atoms with Gasteiger partial charge < -0.3 is 10.4 Å². The standard InChI is InChI=1S/C14H11ClN2O4/c15-12-7-10(5-6-11(12)14(18)19)16-8-9-3-1-2-4-13(9)17(20)21/h1-7,16H,8H2,(H,18,19). The van der Waals surface area contributed by atoms with E-state index in [1.807, 2.05) is 0 Å². The van der Waals surface area contributed by atoms with Crippen molar-refractivity contribution in [1.82, 2.24) is 0 Å². The summed E-state index contributed by atoms with van der Waals surface area (Å²) in [6.45, 7) is 0.236. The van der Waals surface area contributed by atoms with Crippen molar-refractivity contribution in [3.05, 3.63) is 68.7 Å². The van der Waals surface area contributed by atoms with E-state index in [4.69, 9.17) is 16.7 Å². The average Bonchev–Trinajstić information content (AvgIpc) is 2.45. The van der Waals surface area contributed by atoms with E-state index in [1.165, 1.54) is 18.2 Å². The van der Waals surface area contributed by atoms with Gasteiger partial charge in [0.1, 0.15) is 0 Å². The van der Waals surface area contributed by atoms with Crippen molar-refractivity contribution in [3.8, 4) is 0 Å². The number of nitro benzene ring substituents is 1. The van der Waals surface area contributed by atoms with Crippen LogP contribution in [0.3, 0.4) is 0 Å². The van der Waals surface area contributed by atoms with Crippen LogP contribution in [0.4, 0.5) is 11.4 Å². The van der Waals surface area contributed by atoms with Crippen LogP contribution in [0.25, 0.3) is 0 Å². The topological polar surface area (TPSA) is 92.5 Å². The summed E-state index contributed by atoms with van der Waals surface area (Å²) in [4.78, 5) is 21.3. The van der Waals surface area contributed by atoms with Crippen molar-refractivity contribution in [1.29, 1.82) is 0 Å². The Labute approximate surface area is 125 Å². The quantitative estimate of drug-likeness (QED) is 0.651. The molecule has 0 aromatic heterocycles. The molecule has 0 saturated heterocycles. The molecule has 0 spiro atoms. The minimum Gasteiger partial charge on any atom is -0.478 e. The number of nitrogens with one attached hydrogen (secondary N) is 1. The monoisotopic (exact) mass is 306 g/mol. The summed E-state index contributed by atoms with van der Waals surface area (Å²) in [6.07, 6.45) is 0. The van der Waals surface area contributed by atoms with Crippen molar-refractivity contribution in [3.63, 3.8) is 0 Å². The molecule has 0 atom stereocenters. The number of halogens is 1. The van der Waals surface area contributed by atoms with Crippen LogP contribution in [0.1, 0.15) is 15.9 Å². The van der Waals surface area contributed by atoms with Crippen molar-refractivity contribution in [2.24, 2.45) is 0 Å². The van der Waals surface area contributed by atoms with Gasteiger partial charge in [0.2, 0.25) is 0 Å². The molecule has 0 aliphatic rings. The van der Waals surface area contributed by atoms with Gasteiger partial charge in [-0.1, -0.05) is 29.8 Å². The van der Waals surface area contributed by atoms with Crippen molar-refractivity contribution in [2.75, 3.05) is 5.32 Å². The number of aromatic carboxylic acids is 1. The van der Waals surface area contributed by atoms with Crippen LogP contribution in [0, 0.1) is 10.1 Å². The highest BCUT2D eigenvalue weighted by Crippen LogP contribution is 2.23. The van der Waals surface area contributed by atoms with Gasteiger partial charge in [0.05, 0.1) is 15.5 Å². The summed E-state index contributed by atoms with van der Waals surface area (Å²) in [6, 6.07) is 10.8. The maximum absolute atomic E-state index is 10.9. The number of hydrogen-bond acceptors (Lipinski definition) is 4. The summed E-state index contributed by atoms with van der Waals surface area (Å²) < 4.78 is 0. The van der Waals surface area contributed by atoms with Gasteiger partial charge in [-0.05, 0) is 18.2 Å². The van der Waals surface area contributed by atoms with E-state index in [0.717, 1.165) is 0 Å². The highest BCUT2D eigenvalue weighted by molar-refractivity contribution is 6.33. The predicted molar refractivity (Wildman–Crippen MR) is 78.8 cm³/mol. The van der Waals surface area contributed by atoms with Crippen LogP contribution in [-0.2, 0) is 6.54 Å². The highest BCUT2D eigenvalue weighted by Gasteiger charge is 2.12. The smallest absolute Gasteiger partial charge is 0.337 e. The van der Waals surface area contributed by atoms with Gasteiger partial charge in [-0.2, -0.15) is 0 Å². The molecule has 2 rings (SSSR count). The van der Waals surface area contributed by atoms with E-state index < -0.39 is 10.9 Å². The lowest BCUT2D eigenvalue weighted by Gasteiger charge is -2.08. The molecule has 108 valence electrons. The Morgan fingerprint density at radius 1 is 1.29 bits per heavy atom. The normalized spacial score (nSPS) is 10.1. The van der Waals surface area contributed by atoms with Gasteiger partial charge >= 0.3 is 5.97 Å². The number of carbonyl (C=O) groups is 1. The Morgan fingerprint density at radius 2 is 2.00 bits per heavy atom. The first kappa shape index (κ1) is 14.8. The number of carboxylic acid groups (broad SMARTS) is 1. The highest BCUT2D eigenvalue weighted by atomic mass is 35.5. The van der Waals surface area contributed by atoms with Gasteiger partial charge in [0.25, 0.3) is 5.69 Å². The van der Waals surface area contributed by atoms with Gasteiger partial charge in [0, 0.05) is 23.9 Å². The second-order valence-electron chi connectivity index (χ2n) is 4.24. The minimum absolute atomic E-state index is 0.00732. The van der Waals surface area contributed by atoms with Crippen molar-refractivity contribution >= 4 is 28.9 Å². The third kappa shape index (κ3) is 3.49. The molecule has 6 nitrogen and oxygen atoms in total. The van der Waals surface area contributed by atoms with E-state index in [1.54, 1.807) is 24.3 Å². The number of benzene rings is 2. The Bertz CT molecular complexity index is 703. The lowest BCUT2D eigenvalue weighted by atomic mass is 10.1. The van der Waals surface area contributed by atoms with Gasteiger partial charge in [-0.15, -0.1) is 0 Å². The minimum atomic E-state index is -1.11. The van der Waals surface area contributed by atoms with Crippen LogP contribution in [0.15, 0.2) is 42.5 Å². The zero-order valence-corrected chi connectivity index (χ0v) is 11.5. The van der Waals surface area contributed by atoms with Crippen LogP contribution in [-0.4, -0.2) is 16.0 Å². The summed E-state index contributed by atoms with van der Waals surface area (Å²) in [5.41, 5.74) is 1.15. The number of nitro groups is 1. The fraction of sp³-hybridized carbons (Fsp3) is 0.0714. The molecule has 0 aliphatic heterocycles. The maximum Gasteiger partial charge on any atom is 0.337 e. The summed E-state index contributed by atoms with van der Waals surface area (Å²) in [5, 5.41) is 22.9. The lowest BCUT2D eigenvalue weighted by molar-refractivity contribution is -0.385. The van der Waals surface area contributed by atoms with E-state index in [-0.39, 0.29) is 22.8 Å². The number of para-hydroxylation sites is 1. The van der Waals surface area contributed by atoms with Crippen LogP contribution in [0.2, 0.25) is 5.02 Å². The summed E-state index contributed by atoms with van der Waals surface area (Å²) in [5.74, 6) is -1.11. The van der Waals surface area contributed by atoms with Gasteiger partial charge in [-0.25, -0.2) is 4.79 Å². The first-order valence-corrected chi connectivity index (χ1v) is 6.36. The average molecular weight is 307 g/mol. The van der Waals surface area contributed by atoms with Crippen LogP contribution in [0.5, 0.6) is 0 Å². The molecule has 0 amide bonds. The van der Waals surface area contributed by atoms with Crippen LogP contribution >= 0.6 is 11.6 Å². The number of rotatable bonds is 5. The fourth-order valence-electron chi connectivity index (χ4n) is 1.83. The number of anilines is 1. The Balaban J connectivity index is 2.16. The third-order valence-electron chi connectivity index (χ3n) is 2.87. The molecule has 2 aromatic rings. The van der Waals surface area contributed by atoms with Crippen LogP contribution < -0.4 is 5.32 Å². The fourth-order valence-corrected chi connectivity index (χ4v) is 2.10. The molecule has 7 heteroatoms. The molecule has 0 radical (unpaired) electrons. The number of hydrogen-bond donors (Lipinski definition) is 2. The largest absolute Gasteiger partial charge is 0.478 e. The van der Waals surface area contributed by atoms with Gasteiger partial charge in [0.15, 0.2) is 0 Å². The third-order valence-corrected chi connectivity index (χ3v) is 3.18. The first-order chi connectivity index (χ1) is 9.99. The molecule has 0 fully saturated rings. The second kappa shape index (κ2) is 6.23. The molecule has 0 saturated carbocycles. The first-order valence-electron chi connectivity index (χ1n) is 5.98. The zero-order valence-electron chi connectivity index (χ0n) is 10.7. The number of nitrogens with zero attached hydrogens (tertiary/aromatic N) is 1. The maximum atomic E-state index is 10.9. The summed E-state index contributed by atoms with van der Waals surface area (Å²) >= 11 is 5.86. The molecule has 0 aliphatic carbocycles. The van der Waals surface area contributed by atoms with E-state index in [2.05, 4.69) is 5.32 Å². The molecule has 21 heavy (non-hydrogen) atoms.